The zero-order valence-electron chi connectivity index (χ0n) is 17.3. The van der Waals surface area contributed by atoms with Gasteiger partial charge in [-0.2, -0.15) is 0 Å². The Labute approximate surface area is 160 Å². The first-order valence-corrected chi connectivity index (χ1v) is 9.32. The van der Waals surface area contributed by atoms with Crippen molar-refractivity contribution in [1.82, 2.24) is 15.5 Å². The lowest BCUT2D eigenvalue weighted by atomic mass is 10.1. The average molecular weight is 366 g/mol. The van der Waals surface area contributed by atoms with Crippen molar-refractivity contribution in [3.8, 4) is 0 Å². The number of rotatable bonds is 15. The van der Waals surface area contributed by atoms with Crippen LogP contribution in [0.3, 0.4) is 0 Å². The maximum atomic E-state index is 9.57. The van der Waals surface area contributed by atoms with Gasteiger partial charge in [0.1, 0.15) is 11.4 Å². The lowest BCUT2D eigenvalue weighted by Crippen LogP contribution is -2.34. The van der Waals surface area contributed by atoms with Gasteiger partial charge in [0.15, 0.2) is 5.88 Å². The first-order chi connectivity index (χ1) is 12.0. The summed E-state index contributed by atoms with van der Waals surface area (Å²) in [6.07, 6.45) is 4.21. The SMILES string of the molecule is C=C(O)CN(CCNC(=C)OC(C)(C)C)C(=C)CCCCCNC(=C)C. The Bertz CT molecular complexity index is 478. The molecule has 0 aliphatic carbocycles. The third kappa shape index (κ3) is 14.3. The van der Waals surface area contributed by atoms with E-state index in [0.29, 0.717) is 25.5 Å². The number of nitrogens with zero attached hydrogens (tertiary/aromatic N) is 1. The zero-order valence-corrected chi connectivity index (χ0v) is 17.3. The number of allylic oxidation sites excluding steroid dienone is 2. The molecule has 0 saturated carbocycles. The van der Waals surface area contributed by atoms with Crippen LogP contribution >= 0.6 is 0 Å². The molecule has 5 heteroatoms. The van der Waals surface area contributed by atoms with E-state index in [0.717, 1.165) is 43.6 Å². The zero-order chi connectivity index (χ0) is 20.2. The molecule has 0 amide bonds. The van der Waals surface area contributed by atoms with Crippen molar-refractivity contribution >= 4 is 0 Å². The first-order valence-electron chi connectivity index (χ1n) is 9.32. The molecule has 0 aromatic rings. The highest BCUT2D eigenvalue weighted by Gasteiger charge is 2.13. The van der Waals surface area contributed by atoms with Crippen LogP contribution in [0.5, 0.6) is 0 Å². The monoisotopic (exact) mass is 365 g/mol. The third-order valence-corrected chi connectivity index (χ3v) is 3.52. The largest absolute Gasteiger partial charge is 0.511 e. The fourth-order valence-electron chi connectivity index (χ4n) is 2.40. The van der Waals surface area contributed by atoms with Gasteiger partial charge < -0.3 is 25.4 Å². The van der Waals surface area contributed by atoms with Crippen LogP contribution in [0.25, 0.3) is 0 Å². The Hall–Kier alpha value is -2.04. The molecular weight excluding hydrogens is 326 g/mol. The smallest absolute Gasteiger partial charge is 0.179 e. The van der Waals surface area contributed by atoms with Gasteiger partial charge in [0, 0.05) is 31.0 Å². The molecule has 150 valence electrons. The number of nitrogens with one attached hydrogen (secondary N) is 2. The molecular formula is C21H39N3O2. The number of unbranched alkanes of at least 4 members (excludes halogenated alkanes) is 2. The number of aliphatic hydroxyl groups excluding tert-OH is 1. The van der Waals surface area contributed by atoms with E-state index in [2.05, 4.69) is 36.9 Å². The molecule has 0 spiro atoms. The van der Waals surface area contributed by atoms with E-state index in [4.69, 9.17) is 4.74 Å². The Morgan fingerprint density at radius 3 is 2.19 bits per heavy atom. The van der Waals surface area contributed by atoms with E-state index < -0.39 is 0 Å². The summed E-state index contributed by atoms with van der Waals surface area (Å²) in [5.41, 5.74) is 1.75. The normalized spacial score (nSPS) is 10.8. The standard InChI is InChI=1S/C21H39N3O2/c1-17(2)22-13-11-9-10-12-18(3)24(16-19(4)25)15-14-23-20(5)26-21(6,7)8/h22-23,25H,1,3-5,9-16H2,2,6-8H3. The summed E-state index contributed by atoms with van der Waals surface area (Å²) in [6.45, 7) is 26.1. The third-order valence-electron chi connectivity index (χ3n) is 3.52. The van der Waals surface area contributed by atoms with Crippen molar-refractivity contribution in [3.63, 3.8) is 0 Å². The minimum atomic E-state index is -0.272. The summed E-state index contributed by atoms with van der Waals surface area (Å²) in [4.78, 5) is 2.05. The summed E-state index contributed by atoms with van der Waals surface area (Å²) in [6, 6.07) is 0. The molecule has 0 aromatic heterocycles. The van der Waals surface area contributed by atoms with Crippen LogP contribution in [-0.4, -0.2) is 41.8 Å². The maximum absolute atomic E-state index is 9.57. The van der Waals surface area contributed by atoms with Crippen molar-refractivity contribution in [2.45, 2.75) is 59.0 Å². The molecule has 0 saturated heterocycles. The van der Waals surface area contributed by atoms with Gasteiger partial charge in [0.05, 0.1) is 6.54 Å². The lowest BCUT2D eigenvalue weighted by Gasteiger charge is -2.28. The van der Waals surface area contributed by atoms with Crippen molar-refractivity contribution in [2.24, 2.45) is 0 Å². The molecule has 0 heterocycles. The van der Waals surface area contributed by atoms with E-state index in [1.807, 2.05) is 32.6 Å². The molecule has 0 fully saturated rings. The predicted molar refractivity (Wildman–Crippen MR) is 112 cm³/mol. The number of ether oxygens (including phenoxy) is 1. The summed E-state index contributed by atoms with van der Waals surface area (Å²) in [7, 11) is 0. The summed E-state index contributed by atoms with van der Waals surface area (Å²) in [5, 5.41) is 16.0. The van der Waals surface area contributed by atoms with E-state index in [9.17, 15) is 5.11 Å². The molecule has 26 heavy (non-hydrogen) atoms. The van der Waals surface area contributed by atoms with Gasteiger partial charge in [0.25, 0.3) is 0 Å². The van der Waals surface area contributed by atoms with Crippen LogP contribution in [0, 0.1) is 0 Å². The van der Waals surface area contributed by atoms with E-state index >= 15 is 0 Å². The van der Waals surface area contributed by atoms with E-state index in [1.54, 1.807) is 0 Å². The maximum Gasteiger partial charge on any atom is 0.179 e. The van der Waals surface area contributed by atoms with Crippen molar-refractivity contribution in [1.29, 1.82) is 0 Å². The van der Waals surface area contributed by atoms with Gasteiger partial charge in [0.2, 0.25) is 0 Å². The molecule has 3 N–H and O–H groups in total. The lowest BCUT2D eigenvalue weighted by molar-refractivity contribution is 0.0411. The minimum absolute atomic E-state index is 0.140. The second kappa shape index (κ2) is 12.3. The average Bonchev–Trinajstić information content (AvgIpc) is 2.47. The van der Waals surface area contributed by atoms with Crippen molar-refractivity contribution < 1.29 is 9.84 Å². The van der Waals surface area contributed by atoms with E-state index in [-0.39, 0.29) is 11.4 Å². The number of hydrogen-bond acceptors (Lipinski definition) is 5. The van der Waals surface area contributed by atoms with Gasteiger partial charge in [-0.25, -0.2) is 0 Å². The molecule has 0 aromatic carbocycles. The van der Waals surface area contributed by atoms with Gasteiger partial charge >= 0.3 is 0 Å². The minimum Gasteiger partial charge on any atom is -0.511 e. The van der Waals surface area contributed by atoms with Crippen molar-refractivity contribution in [2.75, 3.05) is 26.2 Å². The highest BCUT2D eigenvalue weighted by Crippen LogP contribution is 2.14. The second-order valence-electron chi connectivity index (χ2n) is 7.64. The van der Waals surface area contributed by atoms with Crippen LogP contribution in [-0.2, 0) is 4.74 Å². The highest BCUT2D eigenvalue weighted by atomic mass is 16.5. The van der Waals surface area contributed by atoms with Gasteiger partial charge in [-0.3, -0.25) is 0 Å². The molecule has 0 bridgehead atoms. The molecule has 0 radical (unpaired) electrons. The molecule has 5 nitrogen and oxygen atoms in total. The van der Waals surface area contributed by atoms with Gasteiger partial charge in [-0.1, -0.05) is 26.2 Å². The van der Waals surface area contributed by atoms with Crippen LogP contribution < -0.4 is 10.6 Å². The Balaban J connectivity index is 4.20. The fourth-order valence-corrected chi connectivity index (χ4v) is 2.40. The van der Waals surface area contributed by atoms with Gasteiger partial charge in [-0.15, -0.1) is 0 Å². The number of hydrogen-bond donors (Lipinski definition) is 3. The highest BCUT2D eigenvalue weighted by molar-refractivity contribution is 4.99. The quantitative estimate of drug-likeness (QED) is 0.296. The van der Waals surface area contributed by atoms with Crippen molar-refractivity contribution in [3.05, 3.63) is 49.4 Å². The summed E-state index contributed by atoms with van der Waals surface area (Å²) in [5.74, 6) is 0.692. The van der Waals surface area contributed by atoms with Crippen LogP contribution in [0.15, 0.2) is 49.4 Å². The topological polar surface area (TPSA) is 56.8 Å². The Morgan fingerprint density at radius 2 is 1.65 bits per heavy atom. The molecule has 0 atom stereocenters. The molecule has 0 rings (SSSR count). The fraction of sp³-hybridized carbons (Fsp3) is 0.619. The van der Waals surface area contributed by atoms with Crippen LogP contribution in [0.2, 0.25) is 0 Å². The molecule has 0 unspecified atom stereocenters. The van der Waals surface area contributed by atoms with Crippen LogP contribution in [0.1, 0.15) is 53.4 Å². The predicted octanol–water partition coefficient (Wildman–Crippen LogP) is 4.43. The Morgan fingerprint density at radius 1 is 1.00 bits per heavy atom. The summed E-state index contributed by atoms with van der Waals surface area (Å²) < 4.78 is 5.65. The summed E-state index contributed by atoms with van der Waals surface area (Å²) >= 11 is 0. The van der Waals surface area contributed by atoms with Crippen LogP contribution in [0.4, 0.5) is 0 Å². The molecule has 0 aliphatic heterocycles. The number of aliphatic hydroxyl groups is 1. The second-order valence-corrected chi connectivity index (χ2v) is 7.64. The first kappa shape index (κ1) is 24.0. The Kier molecular flexibility index (Phi) is 11.4. The molecule has 0 aliphatic rings. The van der Waals surface area contributed by atoms with E-state index in [1.165, 1.54) is 0 Å². The van der Waals surface area contributed by atoms with Gasteiger partial charge in [-0.05, 0) is 53.5 Å².